The fourth-order valence-electron chi connectivity index (χ4n) is 2.76. The van der Waals surface area contributed by atoms with Gasteiger partial charge in [-0.25, -0.2) is 4.39 Å². The maximum absolute atomic E-state index is 13.0. The van der Waals surface area contributed by atoms with Gasteiger partial charge in [0.25, 0.3) is 5.91 Å². The summed E-state index contributed by atoms with van der Waals surface area (Å²) in [6.07, 6.45) is 0.281. The van der Waals surface area contributed by atoms with Crippen LogP contribution in [-0.2, 0) is 11.2 Å². The lowest BCUT2D eigenvalue weighted by molar-refractivity contribution is -0.119. The summed E-state index contributed by atoms with van der Waals surface area (Å²) in [7, 11) is 0. The summed E-state index contributed by atoms with van der Waals surface area (Å²) in [4.78, 5) is 24.1. The Bertz CT molecular complexity index is 917. The van der Waals surface area contributed by atoms with Crippen molar-refractivity contribution < 1.29 is 14.0 Å². The Hall–Kier alpha value is -3.21. The Labute approximate surface area is 144 Å². The first kappa shape index (κ1) is 16.6. The molecule has 0 aliphatic heterocycles. The standard InChI is InChI=1S/C20H17FN2O2/c21-16-10-8-14(9-11-16)20(25)23-18(19(22)24)12-15-6-3-5-13-4-1-2-7-17(13)15/h1-11,18H,12H2,(H2,22,24)(H,23,25)/t18-/m1/s1. The van der Waals surface area contributed by atoms with Crippen molar-refractivity contribution in [1.29, 1.82) is 0 Å². The van der Waals surface area contributed by atoms with E-state index in [9.17, 15) is 14.0 Å². The van der Waals surface area contributed by atoms with E-state index < -0.39 is 23.7 Å². The van der Waals surface area contributed by atoms with E-state index in [1.165, 1.54) is 24.3 Å². The summed E-state index contributed by atoms with van der Waals surface area (Å²) < 4.78 is 13.0. The van der Waals surface area contributed by atoms with Gasteiger partial charge < -0.3 is 11.1 Å². The fourth-order valence-corrected chi connectivity index (χ4v) is 2.76. The van der Waals surface area contributed by atoms with Crippen molar-refractivity contribution in [2.24, 2.45) is 5.73 Å². The van der Waals surface area contributed by atoms with Crippen LogP contribution >= 0.6 is 0 Å². The zero-order chi connectivity index (χ0) is 17.8. The summed E-state index contributed by atoms with van der Waals surface area (Å²) in [5.74, 6) is -1.52. The number of hydrogen-bond acceptors (Lipinski definition) is 2. The minimum atomic E-state index is -0.858. The average molecular weight is 336 g/mol. The zero-order valence-electron chi connectivity index (χ0n) is 13.4. The van der Waals surface area contributed by atoms with E-state index in [4.69, 9.17) is 5.73 Å². The Morgan fingerprint density at radius 2 is 1.64 bits per heavy atom. The highest BCUT2D eigenvalue weighted by Gasteiger charge is 2.20. The number of primary amides is 1. The summed E-state index contributed by atoms with van der Waals surface area (Å²) in [6.45, 7) is 0. The van der Waals surface area contributed by atoms with Crippen LogP contribution in [0.2, 0.25) is 0 Å². The Morgan fingerprint density at radius 1 is 0.960 bits per heavy atom. The van der Waals surface area contributed by atoms with Crippen LogP contribution in [0.15, 0.2) is 66.7 Å². The first-order chi connectivity index (χ1) is 12.0. The summed E-state index contributed by atoms with van der Waals surface area (Å²) in [5, 5.41) is 4.69. The van der Waals surface area contributed by atoms with Gasteiger partial charge in [0.1, 0.15) is 11.9 Å². The molecule has 4 nitrogen and oxygen atoms in total. The fraction of sp³-hybridized carbons (Fsp3) is 0.100. The van der Waals surface area contributed by atoms with Gasteiger partial charge in [0.2, 0.25) is 5.91 Å². The molecule has 0 heterocycles. The van der Waals surface area contributed by atoms with Gasteiger partial charge in [-0.2, -0.15) is 0 Å². The average Bonchev–Trinajstić information content (AvgIpc) is 2.61. The molecule has 2 amide bonds. The number of halogens is 1. The smallest absolute Gasteiger partial charge is 0.251 e. The second-order valence-corrected chi connectivity index (χ2v) is 5.78. The van der Waals surface area contributed by atoms with Crippen molar-refractivity contribution in [2.45, 2.75) is 12.5 Å². The van der Waals surface area contributed by atoms with Crippen LogP contribution in [0, 0.1) is 5.82 Å². The lowest BCUT2D eigenvalue weighted by Gasteiger charge is -2.17. The van der Waals surface area contributed by atoms with Crippen LogP contribution in [0.25, 0.3) is 10.8 Å². The minimum absolute atomic E-state index is 0.269. The van der Waals surface area contributed by atoms with Crippen LogP contribution in [0.3, 0.4) is 0 Å². The van der Waals surface area contributed by atoms with Crippen molar-refractivity contribution >= 4 is 22.6 Å². The highest BCUT2D eigenvalue weighted by molar-refractivity contribution is 5.97. The molecule has 0 spiro atoms. The van der Waals surface area contributed by atoms with Crippen molar-refractivity contribution in [2.75, 3.05) is 0 Å². The molecule has 0 aliphatic carbocycles. The van der Waals surface area contributed by atoms with E-state index in [0.717, 1.165) is 16.3 Å². The topological polar surface area (TPSA) is 72.2 Å². The first-order valence-electron chi connectivity index (χ1n) is 7.87. The highest BCUT2D eigenvalue weighted by atomic mass is 19.1. The molecule has 3 aromatic carbocycles. The number of nitrogens with one attached hydrogen (secondary N) is 1. The number of hydrogen-bond donors (Lipinski definition) is 2. The largest absolute Gasteiger partial charge is 0.368 e. The molecule has 0 saturated heterocycles. The van der Waals surface area contributed by atoms with Gasteiger partial charge in [0.15, 0.2) is 0 Å². The van der Waals surface area contributed by atoms with Gasteiger partial charge in [-0.3, -0.25) is 9.59 Å². The molecule has 126 valence electrons. The number of carbonyl (C=O) groups excluding carboxylic acids is 2. The highest BCUT2D eigenvalue weighted by Crippen LogP contribution is 2.20. The van der Waals surface area contributed by atoms with Crippen LogP contribution in [0.5, 0.6) is 0 Å². The molecule has 0 unspecified atom stereocenters. The third kappa shape index (κ3) is 3.83. The normalized spacial score (nSPS) is 11.9. The second kappa shape index (κ2) is 7.13. The molecule has 0 saturated carbocycles. The maximum atomic E-state index is 13.0. The molecular weight excluding hydrogens is 319 g/mol. The monoisotopic (exact) mass is 336 g/mol. The molecule has 0 aromatic heterocycles. The first-order valence-corrected chi connectivity index (χ1v) is 7.87. The van der Waals surface area contributed by atoms with E-state index in [1.54, 1.807) is 0 Å². The van der Waals surface area contributed by atoms with Crippen molar-refractivity contribution in [1.82, 2.24) is 5.32 Å². The molecule has 5 heteroatoms. The quantitative estimate of drug-likeness (QED) is 0.752. The van der Waals surface area contributed by atoms with Crippen LogP contribution < -0.4 is 11.1 Å². The van der Waals surface area contributed by atoms with Gasteiger partial charge >= 0.3 is 0 Å². The third-order valence-corrected chi connectivity index (χ3v) is 4.06. The number of amides is 2. The Kier molecular flexibility index (Phi) is 4.75. The van der Waals surface area contributed by atoms with E-state index in [1.807, 2.05) is 42.5 Å². The lowest BCUT2D eigenvalue weighted by Crippen LogP contribution is -2.45. The predicted molar refractivity (Wildman–Crippen MR) is 94.5 cm³/mol. The van der Waals surface area contributed by atoms with Crippen molar-refractivity contribution in [3.05, 3.63) is 83.7 Å². The number of rotatable bonds is 5. The molecule has 0 radical (unpaired) electrons. The molecule has 0 bridgehead atoms. The SMILES string of the molecule is NC(=O)[C@@H](Cc1cccc2ccccc12)NC(=O)c1ccc(F)cc1. The van der Waals surface area contributed by atoms with Gasteiger partial charge in [0.05, 0.1) is 0 Å². The van der Waals surface area contributed by atoms with E-state index in [-0.39, 0.29) is 12.0 Å². The number of benzene rings is 3. The molecule has 0 aliphatic rings. The van der Waals surface area contributed by atoms with Crippen molar-refractivity contribution in [3.63, 3.8) is 0 Å². The summed E-state index contributed by atoms with van der Waals surface area (Å²) in [5.41, 5.74) is 6.65. The molecule has 1 atom stereocenters. The van der Waals surface area contributed by atoms with E-state index in [2.05, 4.69) is 5.32 Å². The lowest BCUT2D eigenvalue weighted by atomic mass is 9.98. The maximum Gasteiger partial charge on any atom is 0.251 e. The van der Waals surface area contributed by atoms with Crippen LogP contribution in [0.1, 0.15) is 15.9 Å². The summed E-state index contributed by atoms with van der Waals surface area (Å²) >= 11 is 0. The van der Waals surface area contributed by atoms with Crippen molar-refractivity contribution in [3.8, 4) is 0 Å². The van der Waals surface area contributed by atoms with Crippen LogP contribution in [-0.4, -0.2) is 17.9 Å². The predicted octanol–water partition coefficient (Wildman–Crippen LogP) is 2.81. The zero-order valence-corrected chi connectivity index (χ0v) is 13.4. The molecule has 3 N–H and O–H groups in total. The summed E-state index contributed by atoms with van der Waals surface area (Å²) in [6, 6.07) is 17.8. The molecule has 3 aromatic rings. The van der Waals surface area contributed by atoms with Gasteiger partial charge in [-0.15, -0.1) is 0 Å². The van der Waals surface area contributed by atoms with Crippen LogP contribution in [0.4, 0.5) is 4.39 Å². The van der Waals surface area contributed by atoms with E-state index >= 15 is 0 Å². The van der Waals surface area contributed by atoms with Gasteiger partial charge in [-0.1, -0.05) is 42.5 Å². The molecular formula is C20H17FN2O2. The Balaban J connectivity index is 1.83. The van der Waals surface area contributed by atoms with Gasteiger partial charge in [0, 0.05) is 12.0 Å². The number of carbonyl (C=O) groups is 2. The molecule has 0 fully saturated rings. The second-order valence-electron chi connectivity index (χ2n) is 5.78. The molecule has 25 heavy (non-hydrogen) atoms. The van der Waals surface area contributed by atoms with Gasteiger partial charge in [-0.05, 0) is 40.6 Å². The molecule has 3 rings (SSSR count). The van der Waals surface area contributed by atoms with E-state index in [0.29, 0.717) is 0 Å². The Morgan fingerprint density at radius 3 is 2.36 bits per heavy atom. The number of nitrogens with two attached hydrogens (primary N) is 1. The third-order valence-electron chi connectivity index (χ3n) is 4.06. The number of fused-ring (bicyclic) bond motifs is 1. The minimum Gasteiger partial charge on any atom is -0.368 e.